The lowest BCUT2D eigenvalue weighted by molar-refractivity contribution is -0.676. The first-order chi connectivity index (χ1) is 17.3. The average Bonchev–Trinajstić information content (AvgIpc) is 3.18. The van der Waals surface area contributed by atoms with Crippen molar-refractivity contribution in [1.29, 1.82) is 0 Å². The van der Waals surface area contributed by atoms with Crippen LogP contribution < -0.4 is 20.9 Å². The zero-order valence-electron chi connectivity index (χ0n) is 20.6. The van der Waals surface area contributed by atoms with Gasteiger partial charge in [-0.3, -0.25) is 9.59 Å². The summed E-state index contributed by atoms with van der Waals surface area (Å²) in [5, 5.41) is 5.75. The summed E-state index contributed by atoms with van der Waals surface area (Å²) in [7, 11) is -1.36. The second kappa shape index (κ2) is 13.0. The quantitative estimate of drug-likeness (QED) is 0.0920. The highest BCUT2D eigenvalue weighted by atomic mass is 127. The van der Waals surface area contributed by atoms with Crippen LogP contribution in [0.15, 0.2) is 24.4 Å². The van der Waals surface area contributed by atoms with E-state index in [0.717, 1.165) is 16.9 Å². The Balaban J connectivity index is 1.81. The molecule has 2 amide bonds. The number of hydrogen-bond acceptors (Lipinski definition) is 7. The zero-order chi connectivity index (χ0) is 26.2. The summed E-state index contributed by atoms with van der Waals surface area (Å²) >= 11 is 2.16. The number of imidazole rings is 1. The number of hydrogen-bond donors (Lipinski definition) is 3. The van der Waals surface area contributed by atoms with Gasteiger partial charge in [-0.15, -0.1) is 0 Å². The van der Waals surface area contributed by atoms with Gasteiger partial charge in [0.1, 0.15) is 13.2 Å². The number of nitrogens with two attached hydrogens (primary N) is 1. The van der Waals surface area contributed by atoms with Gasteiger partial charge in [-0.25, -0.2) is 19.1 Å². The minimum atomic E-state index is -1.36. The largest absolute Gasteiger partial charge is 0.382 e. The fraction of sp³-hybridized carbons (Fsp3) is 0.435. The number of nitrogens with zero attached hydrogens (tertiary/aromatic N) is 4. The number of aromatic nitrogens is 4. The van der Waals surface area contributed by atoms with Crippen LogP contribution in [0.4, 0.5) is 5.82 Å². The lowest BCUT2D eigenvalue weighted by Gasteiger charge is -2.07. The lowest BCUT2D eigenvalue weighted by Crippen LogP contribution is -2.40. The number of amides is 2. The summed E-state index contributed by atoms with van der Waals surface area (Å²) in [6.07, 6.45) is 1.74. The van der Waals surface area contributed by atoms with Crippen molar-refractivity contribution in [2.45, 2.75) is 37.9 Å². The fourth-order valence-electron chi connectivity index (χ4n) is 3.87. The summed E-state index contributed by atoms with van der Waals surface area (Å²) in [6, 6.07) is 5.54. The van der Waals surface area contributed by atoms with Crippen LogP contribution in [0.3, 0.4) is 0 Å². The summed E-state index contributed by atoms with van der Waals surface area (Å²) < 4.78 is 21.2. The van der Waals surface area contributed by atoms with Crippen LogP contribution in [0.5, 0.6) is 0 Å². The van der Waals surface area contributed by atoms with E-state index in [1.54, 1.807) is 18.9 Å². The van der Waals surface area contributed by atoms with Crippen molar-refractivity contribution in [1.82, 2.24) is 25.2 Å². The smallest absolute Gasteiger partial charge is 0.363 e. The third kappa shape index (κ3) is 6.54. The van der Waals surface area contributed by atoms with Crippen LogP contribution in [0.25, 0.3) is 11.0 Å². The molecule has 3 aromatic rings. The van der Waals surface area contributed by atoms with Gasteiger partial charge in [0.05, 0.1) is 31.6 Å². The Bertz CT molecular complexity index is 1280. The van der Waals surface area contributed by atoms with Gasteiger partial charge < -0.3 is 21.1 Å². The first kappa shape index (κ1) is 27.9. The summed E-state index contributed by atoms with van der Waals surface area (Å²) in [6.45, 7) is 7.85. The van der Waals surface area contributed by atoms with Gasteiger partial charge >= 0.3 is 7.80 Å². The molecule has 0 saturated carbocycles. The molecule has 13 heteroatoms. The number of aryl methyl sites for hydroxylation is 2. The Morgan fingerprint density at radius 3 is 2.69 bits per heavy atom. The molecule has 0 aliphatic heterocycles. The van der Waals surface area contributed by atoms with Crippen molar-refractivity contribution in [3.63, 3.8) is 0 Å². The second-order valence-electron chi connectivity index (χ2n) is 7.94. The first-order valence-electron chi connectivity index (χ1n) is 11.5. The number of anilines is 1. The molecule has 0 radical (unpaired) electrons. The Kier molecular flexibility index (Phi) is 10.1. The molecule has 11 nitrogen and oxygen atoms in total. The Labute approximate surface area is 224 Å². The van der Waals surface area contributed by atoms with Crippen molar-refractivity contribution >= 4 is 59.1 Å². The van der Waals surface area contributed by atoms with Crippen molar-refractivity contribution in [3.05, 3.63) is 47.2 Å². The molecule has 1 unspecified atom stereocenters. The predicted molar refractivity (Wildman–Crippen MR) is 146 cm³/mol. The Morgan fingerprint density at radius 1 is 1.25 bits per heavy atom. The molecule has 2 heterocycles. The molecule has 36 heavy (non-hydrogen) atoms. The maximum atomic E-state index is 12.9. The van der Waals surface area contributed by atoms with Crippen molar-refractivity contribution in [3.8, 4) is 0 Å². The SMILES string of the molecule is CCn1c(CNC(=O)c2nc(CI)cnc2N)[n+](CC)c2ccc(C(=O)NCCOC[P+](C)=O)cc21. The van der Waals surface area contributed by atoms with E-state index in [9.17, 15) is 14.2 Å². The molecule has 0 aliphatic carbocycles. The van der Waals surface area contributed by atoms with Gasteiger partial charge in [0.25, 0.3) is 17.6 Å². The molecule has 0 fully saturated rings. The molecule has 0 aliphatic rings. The van der Waals surface area contributed by atoms with Gasteiger partial charge in [-0.05, 0) is 26.0 Å². The number of fused-ring (bicyclic) bond motifs is 1. The third-order valence-electron chi connectivity index (χ3n) is 5.49. The highest BCUT2D eigenvalue weighted by Crippen LogP contribution is 2.18. The van der Waals surface area contributed by atoms with Crippen LogP contribution in [-0.2, 0) is 33.4 Å². The van der Waals surface area contributed by atoms with Gasteiger partial charge in [0.15, 0.2) is 22.5 Å². The monoisotopic (exact) mass is 627 g/mol. The first-order valence-corrected chi connectivity index (χ1v) is 15.0. The van der Waals surface area contributed by atoms with Crippen LogP contribution in [0.1, 0.15) is 46.2 Å². The summed E-state index contributed by atoms with van der Waals surface area (Å²) in [5.74, 6) is 0.370. The van der Waals surface area contributed by atoms with Crippen LogP contribution >= 0.6 is 30.4 Å². The van der Waals surface area contributed by atoms with Crippen LogP contribution in [-0.4, -0.2) is 52.5 Å². The molecule has 4 N–H and O–H groups in total. The number of ether oxygens (including phenoxy) is 1. The maximum Gasteiger partial charge on any atom is 0.363 e. The normalized spacial score (nSPS) is 11.5. The fourth-order valence-corrected chi connectivity index (χ4v) is 4.62. The number of carbonyl (C=O) groups excluding carboxylic acids is 2. The predicted octanol–water partition coefficient (Wildman–Crippen LogP) is 2.37. The highest BCUT2D eigenvalue weighted by Gasteiger charge is 2.25. The molecule has 1 aromatic carbocycles. The van der Waals surface area contributed by atoms with Crippen LogP contribution in [0, 0.1) is 0 Å². The molecule has 192 valence electrons. The molecule has 3 rings (SSSR count). The Hall–Kier alpha value is -2.70. The number of alkyl halides is 1. The number of carbonyl (C=O) groups is 2. The molecule has 0 spiro atoms. The van der Waals surface area contributed by atoms with Crippen molar-refractivity contribution < 1.29 is 23.5 Å². The second-order valence-corrected chi connectivity index (χ2v) is 10.2. The average molecular weight is 627 g/mol. The highest BCUT2D eigenvalue weighted by molar-refractivity contribution is 14.1. The van der Waals surface area contributed by atoms with E-state index in [1.165, 1.54) is 0 Å². The number of halogens is 1. The van der Waals surface area contributed by atoms with Gasteiger partial charge in [-0.2, -0.15) is 0 Å². The molecular formula is C23H31IN7O4P+2. The molecule has 0 bridgehead atoms. The molecule has 1 atom stereocenters. The van der Waals surface area contributed by atoms with E-state index >= 15 is 0 Å². The van der Waals surface area contributed by atoms with E-state index in [-0.39, 0.29) is 30.3 Å². The number of nitrogens with one attached hydrogen (secondary N) is 2. The number of benzene rings is 1. The minimum Gasteiger partial charge on any atom is -0.382 e. The molecule has 0 saturated heterocycles. The third-order valence-corrected chi connectivity index (χ3v) is 6.82. The van der Waals surface area contributed by atoms with Gasteiger partial charge in [-0.1, -0.05) is 27.2 Å². The van der Waals surface area contributed by atoms with E-state index in [4.69, 9.17) is 10.5 Å². The van der Waals surface area contributed by atoms with E-state index < -0.39 is 13.7 Å². The van der Waals surface area contributed by atoms with Gasteiger partial charge in [0, 0.05) is 22.6 Å². The van der Waals surface area contributed by atoms with Crippen LogP contribution in [0.2, 0.25) is 0 Å². The molecular weight excluding hydrogens is 596 g/mol. The van der Waals surface area contributed by atoms with Crippen molar-refractivity contribution in [2.24, 2.45) is 0 Å². The van der Waals surface area contributed by atoms with E-state index in [1.807, 2.05) is 26.0 Å². The minimum absolute atomic E-state index is 0.0880. The topological polar surface area (TPSA) is 145 Å². The summed E-state index contributed by atoms with van der Waals surface area (Å²) in [5.41, 5.74) is 9.05. The van der Waals surface area contributed by atoms with E-state index in [0.29, 0.717) is 41.9 Å². The zero-order valence-corrected chi connectivity index (χ0v) is 23.6. The summed E-state index contributed by atoms with van der Waals surface area (Å²) in [4.78, 5) is 33.9. The maximum absolute atomic E-state index is 12.9. The van der Waals surface area contributed by atoms with Crippen molar-refractivity contribution in [2.75, 3.05) is 31.9 Å². The number of nitrogen functional groups attached to an aromatic ring is 1. The van der Waals surface area contributed by atoms with E-state index in [2.05, 4.69) is 52.3 Å². The van der Waals surface area contributed by atoms with Gasteiger partial charge in [0.2, 0.25) is 6.35 Å². The molecule has 2 aromatic heterocycles. The number of rotatable bonds is 12. The Morgan fingerprint density at radius 2 is 2.03 bits per heavy atom. The standard InChI is InChI=1S/C23H29IN7O4P/c1-4-30-17-7-6-15(22(32)26-8-9-35-14-36(3)34)10-18(17)31(5-2)19(30)13-28-23(33)20-21(25)27-12-16(11-24)29-20/h6-7,10,12H,4-5,8-9,11,13-14H2,1-3H3,(H2-2,25,26,27,28,32,33)/p+2. The lowest BCUT2D eigenvalue weighted by atomic mass is 10.2.